The summed E-state index contributed by atoms with van der Waals surface area (Å²) in [5, 5.41) is 5.87. The van der Waals surface area contributed by atoms with Crippen molar-refractivity contribution in [1.29, 1.82) is 0 Å². The van der Waals surface area contributed by atoms with Gasteiger partial charge in [0.25, 0.3) is 0 Å². The molecule has 4 N–H and O–H groups in total. The molecule has 1 aliphatic heterocycles. The van der Waals surface area contributed by atoms with E-state index < -0.39 is 27.4 Å². The number of nitrogens with one attached hydrogen (secondary N) is 2. The Bertz CT molecular complexity index is 783. The number of nitrogens with zero attached hydrogens (tertiary/aromatic N) is 1. The van der Waals surface area contributed by atoms with Gasteiger partial charge in [0.2, 0.25) is 21.8 Å². The molecule has 1 fully saturated rings. The molecule has 0 unspecified atom stereocenters. The zero-order chi connectivity index (χ0) is 21.3. The molecule has 0 aromatic heterocycles. The molecule has 8 nitrogen and oxygen atoms in total. The maximum atomic E-state index is 12.6. The molecule has 2 rings (SSSR count). The van der Waals surface area contributed by atoms with Crippen LogP contribution in [0.25, 0.3) is 0 Å². The molecule has 2 amide bonds. The Hall–Kier alpha value is -1.62. The topological polar surface area (TPSA) is 122 Å². The van der Waals surface area contributed by atoms with E-state index in [9.17, 15) is 18.0 Å². The summed E-state index contributed by atoms with van der Waals surface area (Å²) in [7, 11) is -3.52. The lowest BCUT2D eigenvalue weighted by Crippen LogP contribution is -2.59. The first-order valence-corrected chi connectivity index (χ1v) is 12.6. The second-order valence-corrected chi connectivity index (χ2v) is 10.2. The molecule has 10 heteroatoms. The van der Waals surface area contributed by atoms with Gasteiger partial charge >= 0.3 is 0 Å². The van der Waals surface area contributed by atoms with Crippen LogP contribution in [-0.4, -0.2) is 74.0 Å². The van der Waals surface area contributed by atoms with Crippen LogP contribution in [0.15, 0.2) is 30.3 Å². The number of thioether (sulfide) groups is 1. The summed E-state index contributed by atoms with van der Waals surface area (Å²) in [4.78, 5) is 25.0. The molecule has 29 heavy (non-hydrogen) atoms. The Morgan fingerprint density at radius 3 is 2.48 bits per heavy atom. The number of hydrogen-bond acceptors (Lipinski definition) is 6. The number of hydrogen-bond donors (Lipinski definition) is 3. The van der Waals surface area contributed by atoms with Crippen molar-refractivity contribution in [3.05, 3.63) is 35.9 Å². The van der Waals surface area contributed by atoms with E-state index in [-0.39, 0.29) is 18.6 Å². The largest absolute Gasteiger partial charge is 0.368 e. The van der Waals surface area contributed by atoms with Crippen molar-refractivity contribution < 1.29 is 18.0 Å². The maximum Gasteiger partial charge on any atom is 0.243 e. The SMILES string of the molecule is CSCC[C@](Cc1ccccc1)(NC(=O)CCS(=O)(=O)N1CCNCC1)C(N)=O. The average Bonchev–Trinajstić information content (AvgIpc) is 2.72. The molecule has 1 aliphatic rings. The first kappa shape index (κ1) is 23.7. The minimum Gasteiger partial charge on any atom is -0.368 e. The first-order valence-electron chi connectivity index (χ1n) is 9.61. The molecule has 0 spiro atoms. The van der Waals surface area contributed by atoms with Gasteiger partial charge in [-0.05, 0) is 24.0 Å². The van der Waals surface area contributed by atoms with Gasteiger partial charge in [0.05, 0.1) is 5.75 Å². The number of amides is 2. The number of carbonyl (C=O) groups is 2. The standard InChI is InChI=1S/C19H30N4O4S2/c1-28-13-8-19(18(20)25,15-16-5-3-2-4-6-16)22-17(24)7-14-29(26,27)23-11-9-21-10-12-23/h2-6,21H,7-15H2,1H3,(H2,20,25)(H,22,24)/t19-/m1/s1. The predicted molar refractivity (Wildman–Crippen MR) is 116 cm³/mol. The van der Waals surface area contributed by atoms with Gasteiger partial charge < -0.3 is 16.4 Å². The lowest BCUT2D eigenvalue weighted by atomic mass is 9.87. The minimum absolute atomic E-state index is 0.213. The molecular weight excluding hydrogens is 412 g/mol. The van der Waals surface area contributed by atoms with Gasteiger partial charge in [-0.3, -0.25) is 9.59 Å². The third kappa shape index (κ3) is 6.98. The van der Waals surface area contributed by atoms with Crippen LogP contribution in [0.2, 0.25) is 0 Å². The van der Waals surface area contributed by atoms with E-state index in [0.29, 0.717) is 38.4 Å². The summed E-state index contributed by atoms with van der Waals surface area (Å²) in [6, 6.07) is 9.33. The molecule has 1 aromatic carbocycles. The molecule has 1 heterocycles. The van der Waals surface area contributed by atoms with Crippen molar-refractivity contribution in [1.82, 2.24) is 14.9 Å². The van der Waals surface area contributed by atoms with Crippen molar-refractivity contribution >= 4 is 33.6 Å². The van der Waals surface area contributed by atoms with Crippen LogP contribution in [0.5, 0.6) is 0 Å². The zero-order valence-electron chi connectivity index (χ0n) is 16.7. The summed E-state index contributed by atoms with van der Waals surface area (Å²) in [6.07, 6.45) is 2.33. The molecule has 0 bridgehead atoms. The van der Waals surface area contributed by atoms with Crippen LogP contribution in [0.4, 0.5) is 0 Å². The number of sulfonamides is 1. The molecule has 1 aromatic rings. The van der Waals surface area contributed by atoms with Crippen LogP contribution in [0.3, 0.4) is 0 Å². The second-order valence-electron chi connectivity index (χ2n) is 7.11. The lowest BCUT2D eigenvalue weighted by molar-refractivity contribution is -0.131. The van der Waals surface area contributed by atoms with Crippen molar-refractivity contribution in [2.24, 2.45) is 5.73 Å². The van der Waals surface area contributed by atoms with Crippen molar-refractivity contribution in [2.45, 2.75) is 24.8 Å². The highest BCUT2D eigenvalue weighted by molar-refractivity contribution is 7.98. The smallest absolute Gasteiger partial charge is 0.243 e. The number of piperazine rings is 1. The Morgan fingerprint density at radius 2 is 1.90 bits per heavy atom. The molecule has 162 valence electrons. The van der Waals surface area contributed by atoms with Crippen LogP contribution in [0, 0.1) is 0 Å². The van der Waals surface area contributed by atoms with Gasteiger partial charge in [-0.25, -0.2) is 8.42 Å². The highest BCUT2D eigenvalue weighted by Gasteiger charge is 2.38. The fourth-order valence-electron chi connectivity index (χ4n) is 3.29. The van der Waals surface area contributed by atoms with Gasteiger partial charge in [-0.1, -0.05) is 30.3 Å². The number of nitrogens with two attached hydrogens (primary N) is 1. The number of rotatable bonds is 11. The van der Waals surface area contributed by atoms with Gasteiger partial charge in [-0.15, -0.1) is 0 Å². The summed E-state index contributed by atoms with van der Waals surface area (Å²) >= 11 is 1.55. The van der Waals surface area contributed by atoms with Crippen LogP contribution in [-0.2, 0) is 26.0 Å². The van der Waals surface area contributed by atoms with Gasteiger partial charge in [-0.2, -0.15) is 16.1 Å². The van der Waals surface area contributed by atoms with E-state index in [4.69, 9.17) is 5.73 Å². The van der Waals surface area contributed by atoms with Crippen molar-refractivity contribution in [3.8, 4) is 0 Å². The van der Waals surface area contributed by atoms with Gasteiger partial charge in [0.1, 0.15) is 5.54 Å². The number of carbonyl (C=O) groups excluding carboxylic acids is 2. The van der Waals surface area contributed by atoms with Gasteiger partial charge in [0.15, 0.2) is 0 Å². The Balaban J connectivity index is 2.08. The van der Waals surface area contributed by atoms with Crippen molar-refractivity contribution in [3.63, 3.8) is 0 Å². The van der Waals surface area contributed by atoms with E-state index in [1.807, 2.05) is 36.6 Å². The van der Waals surface area contributed by atoms with Crippen LogP contribution >= 0.6 is 11.8 Å². The fraction of sp³-hybridized carbons (Fsp3) is 0.579. The summed E-state index contributed by atoms with van der Waals surface area (Å²) in [5.74, 6) is -0.760. The molecule has 1 saturated heterocycles. The minimum atomic E-state index is -3.52. The third-order valence-corrected chi connectivity index (χ3v) is 7.47. The first-order chi connectivity index (χ1) is 13.8. The Labute approximate surface area is 177 Å². The lowest BCUT2D eigenvalue weighted by Gasteiger charge is -2.32. The van der Waals surface area contributed by atoms with E-state index in [1.165, 1.54) is 4.31 Å². The van der Waals surface area contributed by atoms with E-state index in [2.05, 4.69) is 10.6 Å². The molecular formula is C19H30N4O4S2. The van der Waals surface area contributed by atoms with Crippen molar-refractivity contribution in [2.75, 3.05) is 43.9 Å². The molecule has 0 saturated carbocycles. The quantitative estimate of drug-likeness (QED) is 0.442. The van der Waals surface area contributed by atoms with Crippen LogP contribution in [0.1, 0.15) is 18.4 Å². The molecule has 1 atom stereocenters. The number of benzene rings is 1. The summed E-state index contributed by atoms with van der Waals surface area (Å²) in [5.41, 5.74) is 5.34. The van der Waals surface area contributed by atoms with Crippen LogP contribution < -0.4 is 16.4 Å². The van der Waals surface area contributed by atoms with Gasteiger partial charge in [0, 0.05) is 39.0 Å². The monoisotopic (exact) mass is 442 g/mol. The molecule has 0 radical (unpaired) electrons. The fourth-order valence-corrected chi connectivity index (χ4v) is 5.28. The second kappa shape index (κ2) is 11.0. The molecule has 0 aliphatic carbocycles. The zero-order valence-corrected chi connectivity index (χ0v) is 18.4. The number of primary amides is 1. The summed E-state index contributed by atoms with van der Waals surface area (Å²) < 4.78 is 26.4. The van der Waals surface area contributed by atoms with E-state index >= 15 is 0 Å². The summed E-state index contributed by atoms with van der Waals surface area (Å²) in [6.45, 7) is 2.00. The Morgan fingerprint density at radius 1 is 1.24 bits per heavy atom. The maximum absolute atomic E-state index is 12.6. The third-order valence-electron chi connectivity index (χ3n) is 4.99. The Kier molecular flexibility index (Phi) is 8.94. The highest BCUT2D eigenvalue weighted by atomic mass is 32.2. The predicted octanol–water partition coefficient (Wildman–Crippen LogP) is -0.0524. The normalized spacial score (nSPS) is 17.4. The van der Waals surface area contributed by atoms with E-state index in [1.54, 1.807) is 11.8 Å². The highest BCUT2D eigenvalue weighted by Crippen LogP contribution is 2.20. The van der Waals surface area contributed by atoms with E-state index in [0.717, 1.165) is 5.56 Å². The average molecular weight is 443 g/mol.